The van der Waals surface area contributed by atoms with E-state index in [2.05, 4.69) is 17.6 Å². The summed E-state index contributed by atoms with van der Waals surface area (Å²) in [5, 5.41) is 6.07. The van der Waals surface area contributed by atoms with Crippen molar-refractivity contribution >= 4 is 16.8 Å². The highest BCUT2D eigenvalue weighted by molar-refractivity contribution is 7.84. The predicted molar refractivity (Wildman–Crippen MR) is 85.3 cm³/mol. The van der Waals surface area contributed by atoms with Gasteiger partial charge in [0.25, 0.3) is 0 Å². The second-order valence-corrected chi connectivity index (χ2v) is 7.85. The molecular formula is C15H30N2O2S. The van der Waals surface area contributed by atoms with Crippen molar-refractivity contribution in [1.29, 1.82) is 0 Å². The molecule has 20 heavy (non-hydrogen) atoms. The normalized spacial score (nSPS) is 22.6. The Bertz CT molecular complexity index is 343. The van der Waals surface area contributed by atoms with Crippen molar-refractivity contribution in [1.82, 2.24) is 10.6 Å². The van der Waals surface area contributed by atoms with E-state index >= 15 is 0 Å². The van der Waals surface area contributed by atoms with E-state index in [1.165, 1.54) is 32.1 Å². The number of hydrogen-bond donors (Lipinski definition) is 2. The van der Waals surface area contributed by atoms with Gasteiger partial charge in [0.05, 0.1) is 5.54 Å². The number of urea groups is 1. The molecule has 0 aliphatic heterocycles. The van der Waals surface area contributed by atoms with Crippen LogP contribution in [0.3, 0.4) is 0 Å². The van der Waals surface area contributed by atoms with Gasteiger partial charge >= 0.3 is 6.03 Å². The molecule has 1 aliphatic rings. The van der Waals surface area contributed by atoms with Crippen molar-refractivity contribution in [3.8, 4) is 0 Å². The van der Waals surface area contributed by atoms with E-state index in [0.29, 0.717) is 11.7 Å². The molecule has 5 heteroatoms. The Balaban J connectivity index is 2.46. The predicted octanol–water partition coefficient (Wildman–Crippen LogP) is 2.80. The molecule has 1 rings (SSSR count). The molecule has 1 saturated carbocycles. The second kappa shape index (κ2) is 8.01. The lowest BCUT2D eigenvalue weighted by atomic mass is 9.84. The van der Waals surface area contributed by atoms with Gasteiger partial charge in [-0.3, -0.25) is 4.21 Å². The summed E-state index contributed by atoms with van der Waals surface area (Å²) in [7, 11) is -0.911. The van der Waals surface area contributed by atoms with Gasteiger partial charge in [0.2, 0.25) is 0 Å². The van der Waals surface area contributed by atoms with E-state index in [1.54, 1.807) is 6.26 Å². The van der Waals surface area contributed by atoms with Gasteiger partial charge in [-0.05, 0) is 39.0 Å². The van der Waals surface area contributed by atoms with E-state index in [0.717, 1.165) is 6.42 Å². The monoisotopic (exact) mass is 302 g/mol. The maximum Gasteiger partial charge on any atom is 0.315 e. The Morgan fingerprint density at radius 1 is 1.35 bits per heavy atom. The molecule has 3 unspecified atom stereocenters. The van der Waals surface area contributed by atoms with Crippen LogP contribution >= 0.6 is 0 Å². The number of carbonyl (C=O) groups excluding carboxylic acids is 1. The fourth-order valence-electron chi connectivity index (χ4n) is 2.94. The first-order valence-corrected chi connectivity index (χ1v) is 9.47. The van der Waals surface area contributed by atoms with Crippen molar-refractivity contribution in [3.63, 3.8) is 0 Å². The van der Waals surface area contributed by atoms with E-state index < -0.39 is 16.3 Å². The third-order valence-electron chi connectivity index (χ3n) is 4.43. The fraction of sp³-hybridized carbons (Fsp3) is 0.933. The molecule has 0 aromatic heterocycles. The molecule has 0 spiro atoms. The lowest BCUT2D eigenvalue weighted by Gasteiger charge is -2.32. The number of rotatable bonds is 6. The number of carbonyl (C=O) groups is 1. The third kappa shape index (κ3) is 5.81. The van der Waals surface area contributed by atoms with E-state index in [-0.39, 0.29) is 12.1 Å². The average Bonchev–Trinajstić information content (AvgIpc) is 2.38. The SMILES string of the molecule is CCC(C)(CS(C)=O)NC(=O)NC(C)C1CCCCC1. The van der Waals surface area contributed by atoms with Gasteiger partial charge in [-0.1, -0.05) is 26.2 Å². The lowest BCUT2D eigenvalue weighted by molar-refractivity contribution is 0.214. The van der Waals surface area contributed by atoms with Gasteiger partial charge in [-0.2, -0.15) is 0 Å². The van der Waals surface area contributed by atoms with Crippen LogP contribution < -0.4 is 10.6 Å². The molecule has 118 valence electrons. The van der Waals surface area contributed by atoms with Gasteiger partial charge in [-0.15, -0.1) is 0 Å². The molecule has 1 fully saturated rings. The van der Waals surface area contributed by atoms with Gasteiger partial charge in [0.1, 0.15) is 0 Å². The van der Waals surface area contributed by atoms with Crippen LogP contribution in [0.4, 0.5) is 4.79 Å². The van der Waals surface area contributed by atoms with Gasteiger partial charge in [-0.25, -0.2) is 4.79 Å². The van der Waals surface area contributed by atoms with E-state index in [4.69, 9.17) is 0 Å². The smallest absolute Gasteiger partial charge is 0.315 e. The van der Waals surface area contributed by atoms with Crippen molar-refractivity contribution in [2.45, 2.75) is 70.9 Å². The van der Waals surface area contributed by atoms with Crippen LogP contribution in [-0.4, -0.2) is 33.8 Å². The Morgan fingerprint density at radius 3 is 2.45 bits per heavy atom. The standard InChI is InChI=1S/C15H30N2O2S/c1-5-15(3,11-20(4)19)17-14(18)16-12(2)13-9-7-6-8-10-13/h12-13H,5-11H2,1-4H3,(H2,16,17,18). The zero-order chi connectivity index (χ0) is 15.2. The number of nitrogens with one attached hydrogen (secondary N) is 2. The molecule has 3 atom stereocenters. The van der Waals surface area contributed by atoms with Crippen LogP contribution in [0.1, 0.15) is 59.3 Å². The summed E-state index contributed by atoms with van der Waals surface area (Å²) in [6, 6.07) is 0.0846. The molecule has 2 N–H and O–H groups in total. The van der Waals surface area contributed by atoms with Crippen LogP contribution in [0.2, 0.25) is 0 Å². The molecule has 1 aliphatic carbocycles. The molecule has 0 aromatic carbocycles. The Hall–Kier alpha value is -0.580. The van der Waals surface area contributed by atoms with Gasteiger partial charge in [0.15, 0.2) is 0 Å². The van der Waals surface area contributed by atoms with Crippen LogP contribution in [0.25, 0.3) is 0 Å². The lowest BCUT2D eigenvalue weighted by Crippen LogP contribution is -2.55. The Labute approximate surface area is 125 Å². The molecule has 4 nitrogen and oxygen atoms in total. The molecule has 0 saturated heterocycles. The van der Waals surface area contributed by atoms with Crippen molar-refractivity contribution in [2.24, 2.45) is 5.92 Å². The van der Waals surface area contributed by atoms with Crippen LogP contribution in [0, 0.1) is 5.92 Å². The highest BCUT2D eigenvalue weighted by atomic mass is 32.2. The van der Waals surface area contributed by atoms with E-state index in [1.807, 2.05) is 13.8 Å². The van der Waals surface area contributed by atoms with Crippen LogP contribution in [-0.2, 0) is 10.8 Å². The quantitative estimate of drug-likeness (QED) is 0.792. The van der Waals surface area contributed by atoms with Crippen LogP contribution in [0.5, 0.6) is 0 Å². The Kier molecular flexibility index (Phi) is 7.00. The summed E-state index contributed by atoms with van der Waals surface area (Å²) in [5.41, 5.74) is -0.393. The van der Waals surface area contributed by atoms with Gasteiger partial charge < -0.3 is 10.6 Å². The molecule has 2 amide bonds. The molecule has 0 aromatic rings. The maximum atomic E-state index is 12.1. The average molecular weight is 302 g/mol. The second-order valence-electron chi connectivity index (χ2n) is 6.42. The van der Waals surface area contributed by atoms with Crippen molar-refractivity contribution in [2.75, 3.05) is 12.0 Å². The first kappa shape index (κ1) is 17.5. The largest absolute Gasteiger partial charge is 0.335 e. The topological polar surface area (TPSA) is 58.2 Å². The summed E-state index contributed by atoms with van der Waals surface area (Å²) >= 11 is 0. The van der Waals surface area contributed by atoms with E-state index in [9.17, 15) is 9.00 Å². The summed E-state index contributed by atoms with van der Waals surface area (Å²) in [5.74, 6) is 1.09. The van der Waals surface area contributed by atoms with Gasteiger partial charge in [0, 0.05) is 28.9 Å². The fourth-order valence-corrected chi connectivity index (χ4v) is 4.12. The zero-order valence-electron chi connectivity index (χ0n) is 13.3. The summed E-state index contributed by atoms with van der Waals surface area (Å²) in [6.45, 7) is 6.06. The number of amides is 2. The highest BCUT2D eigenvalue weighted by Crippen LogP contribution is 2.26. The molecule has 0 bridgehead atoms. The first-order valence-electron chi connectivity index (χ1n) is 7.75. The molecule has 0 radical (unpaired) electrons. The summed E-state index contributed by atoms with van der Waals surface area (Å²) < 4.78 is 11.4. The molecular weight excluding hydrogens is 272 g/mol. The molecule has 0 heterocycles. The third-order valence-corrected chi connectivity index (χ3v) is 5.48. The number of hydrogen-bond acceptors (Lipinski definition) is 2. The van der Waals surface area contributed by atoms with Crippen molar-refractivity contribution in [3.05, 3.63) is 0 Å². The minimum atomic E-state index is -0.911. The minimum Gasteiger partial charge on any atom is -0.335 e. The summed E-state index contributed by atoms with van der Waals surface area (Å²) in [6.07, 6.45) is 8.76. The van der Waals surface area contributed by atoms with Crippen molar-refractivity contribution < 1.29 is 9.00 Å². The minimum absolute atomic E-state index is 0.127. The summed E-state index contributed by atoms with van der Waals surface area (Å²) in [4.78, 5) is 12.1. The highest BCUT2D eigenvalue weighted by Gasteiger charge is 2.27. The van der Waals surface area contributed by atoms with Crippen LogP contribution in [0.15, 0.2) is 0 Å². The Morgan fingerprint density at radius 2 is 1.95 bits per heavy atom. The maximum absolute atomic E-state index is 12.1. The zero-order valence-corrected chi connectivity index (χ0v) is 14.1. The first-order chi connectivity index (χ1) is 9.36.